The molecule has 0 N–H and O–H groups in total. The van der Waals surface area contributed by atoms with Crippen molar-refractivity contribution in [1.29, 1.82) is 0 Å². The Hall–Kier alpha value is 0.556. The molecule has 1 aromatic rings. The SMILES string of the molecule is CC(C)(C)[O-].O=S(=O)(c1ccccc1)C(F)(F)F.[K+]. The third-order valence-electron chi connectivity index (χ3n) is 1.36. The van der Waals surface area contributed by atoms with Crippen LogP contribution in [0.5, 0.6) is 0 Å². The van der Waals surface area contributed by atoms with Gasteiger partial charge in [0.1, 0.15) is 0 Å². The van der Waals surface area contributed by atoms with Crippen molar-refractivity contribution < 1.29 is 78.1 Å². The first-order valence-corrected chi connectivity index (χ1v) is 6.41. The van der Waals surface area contributed by atoms with Crippen LogP contribution in [-0.2, 0) is 9.84 Å². The van der Waals surface area contributed by atoms with Gasteiger partial charge in [-0.1, -0.05) is 39.0 Å². The molecule has 0 amide bonds. The molecule has 0 saturated heterocycles. The normalized spacial score (nSPS) is 11.9. The Bertz CT molecular complexity index is 458. The van der Waals surface area contributed by atoms with E-state index < -0.39 is 25.8 Å². The molecule has 0 atom stereocenters. The minimum Gasteiger partial charge on any atom is -0.850 e. The summed E-state index contributed by atoms with van der Waals surface area (Å²) in [6.07, 6.45) is 0. The van der Waals surface area contributed by atoms with E-state index in [1.807, 2.05) is 0 Å². The maximum absolute atomic E-state index is 11.9. The second-order valence-electron chi connectivity index (χ2n) is 4.37. The molecule has 0 bridgehead atoms. The van der Waals surface area contributed by atoms with E-state index >= 15 is 0 Å². The van der Waals surface area contributed by atoms with Crippen LogP contribution < -0.4 is 56.5 Å². The quantitative estimate of drug-likeness (QED) is 0.632. The van der Waals surface area contributed by atoms with E-state index in [1.165, 1.54) is 18.2 Å². The summed E-state index contributed by atoms with van der Waals surface area (Å²) in [5, 5.41) is 10.1. The zero-order chi connectivity index (χ0) is 14.6. The van der Waals surface area contributed by atoms with Gasteiger partial charge in [0, 0.05) is 0 Å². The smallest absolute Gasteiger partial charge is 0.850 e. The van der Waals surface area contributed by atoms with Crippen LogP contribution in [0.3, 0.4) is 0 Å². The van der Waals surface area contributed by atoms with Crippen LogP contribution >= 0.6 is 0 Å². The fourth-order valence-corrected chi connectivity index (χ4v) is 1.52. The number of benzene rings is 1. The van der Waals surface area contributed by atoms with Gasteiger partial charge in [-0.15, -0.1) is 5.60 Å². The zero-order valence-corrected chi connectivity index (χ0v) is 15.1. The molecule has 0 unspecified atom stereocenters. The number of hydrogen-bond acceptors (Lipinski definition) is 3. The summed E-state index contributed by atoms with van der Waals surface area (Å²) in [5.41, 5.74) is -5.98. The van der Waals surface area contributed by atoms with Crippen LogP contribution in [-0.4, -0.2) is 19.5 Å². The van der Waals surface area contributed by atoms with Crippen LogP contribution in [0.4, 0.5) is 13.2 Å². The molecule has 0 radical (unpaired) electrons. The van der Waals surface area contributed by atoms with Crippen molar-refractivity contribution in [2.24, 2.45) is 0 Å². The van der Waals surface area contributed by atoms with Gasteiger partial charge >= 0.3 is 56.9 Å². The summed E-state index contributed by atoms with van der Waals surface area (Å²) in [7, 11) is -5.18. The van der Waals surface area contributed by atoms with E-state index in [2.05, 4.69) is 0 Å². The predicted octanol–water partition coefficient (Wildman–Crippen LogP) is -0.871. The molecule has 104 valence electrons. The zero-order valence-electron chi connectivity index (χ0n) is 11.2. The van der Waals surface area contributed by atoms with Gasteiger partial charge in [-0.2, -0.15) is 13.2 Å². The summed E-state index contributed by atoms with van der Waals surface area (Å²) >= 11 is 0. The Morgan fingerprint density at radius 1 is 1.00 bits per heavy atom. The second-order valence-corrected chi connectivity index (χ2v) is 6.32. The van der Waals surface area contributed by atoms with E-state index in [0.29, 0.717) is 0 Å². The number of hydrogen-bond donors (Lipinski definition) is 0. The van der Waals surface area contributed by atoms with Gasteiger partial charge in [-0.05, 0) is 12.1 Å². The van der Waals surface area contributed by atoms with Gasteiger partial charge < -0.3 is 5.11 Å². The summed E-state index contributed by atoms with van der Waals surface area (Å²) in [4.78, 5) is -0.734. The third-order valence-corrected chi connectivity index (χ3v) is 2.86. The van der Waals surface area contributed by atoms with Crippen molar-refractivity contribution in [1.82, 2.24) is 0 Å². The molecule has 0 fully saturated rings. The number of alkyl halides is 3. The average molecular weight is 322 g/mol. The van der Waals surface area contributed by atoms with Gasteiger partial charge in [0.25, 0.3) is 9.84 Å². The van der Waals surface area contributed by atoms with Crippen molar-refractivity contribution in [3.05, 3.63) is 30.3 Å². The first-order valence-electron chi connectivity index (χ1n) is 4.92. The average Bonchev–Trinajstić information content (AvgIpc) is 2.14. The predicted molar refractivity (Wildman–Crippen MR) is 59.4 cm³/mol. The summed E-state index contributed by atoms with van der Waals surface area (Å²) in [6.45, 7) is 4.90. The summed E-state index contributed by atoms with van der Waals surface area (Å²) < 4.78 is 57.3. The largest absolute Gasteiger partial charge is 1.00 e. The molecule has 1 rings (SSSR count). The fourth-order valence-electron chi connectivity index (χ4n) is 0.733. The van der Waals surface area contributed by atoms with Gasteiger partial charge in [0.2, 0.25) is 0 Å². The molecule has 19 heavy (non-hydrogen) atoms. The molecule has 1 aromatic carbocycles. The van der Waals surface area contributed by atoms with Crippen LogP contribution in [0, 0.1) is 0 Å². The topological polar surface area (TPSA) is 57.2 Å². The molecule has 0 aliphatic carbocycles. The first kappa shape index (κ1) is 21.8. The van der Waals surface area contributed by atoms with E-state index in [0.717, 1.165) is 12.1 Å². The van der Waals surface area contributed by atoms with Gasteiger partial charge in [0.15, 0.2) is 0 Å². The molecule has 0 aliphatic rings. The molecule has 0 aliphatic heterocycles. The van der Waals surface area contributed by atoms with Crippen molar-refractivity contribution in [3.63, 3.8) is 0 Å². The van der Waals surface area contributed by atoms with Gasteiger partial charge in [-0.3, -0.25) is 0 Å². The summed E-state index contributed by atoms with van der Waals surface area (Å²) in [5.74, 6) is 0. The van der Waals surface area contributed by atoms with Crippen LogP contribution in [0.1, 0.15) is 20.8 Å². The first-order chi connectivity index (χ1) is 7.86. The van der Waals surface area contributed by atoms with Crippen molar-refractivity contribution in [2.75, 3.05) is 0 Å². The van der Waals surface area contributed by atoms with Gasteiger partial charge in [0.05, 0.1) is 4.90 Å². The molecule has 0 aromatic heterocycles. The van der Waals surface area contributed by atoms with Crippen LogP contribution in [0.15, 0.2) is 35.2 Å². The summed E-state index contributed by atoms with van der Waals surface area (Å²) in [6, 6.07) is 5.72. The van der Waals surface area contributed by atoms with Crippen LogP contribution in [0.2, 0.25) is 0 Å². The molecular formula is C11H14F3KO3S. The molecule has 0 saturated carbocycles. The molecule has 0 heterocycles. The maximum Gasteiger partial charge on any atom is 1.00 e. The van der Waals surface area contributed by atoms with Crippen LogP contribution in [0.25, 0.3) is 0 Å². The maximum atomic E-state index is 11.9. The van der Waals surface area contributed by atoms with Gasteiger partial charge in [-0.25, -0.2) is 8.42 Å². The monoisotopic (exact) mass is 322 g/mol. The minimum atomic E-state index is -5.23. The number of halogens is 3. The van der Waals surface area contributed by atoms with Crippen molar-refractivity contribution in [3.8, 4) is 0 Å². The van der Waals surface area contributed by atoms with E-state index in [-0.39, 0.29) is 51.4 Å². The standard InChI is InChI=1S/C7H5F3O2S.C4H9O.K/c8-7(9,10)13(11,12)6-4-2-1-3-5-6;1-4(2,3)5;/h1-5H;1-3H3;/q;-1;+1. The van der Waals surface area contributed by atoms with Crippen molar-refractivity contribution >= 4 is 9.84 Å². The minimum absolute atomic E-state index is 0. The van der Waals surface area contributed by atoms with E-state index in [9.17, 15) is 26.7 Å². The molecule has 8 heteroatoms. The fraction of sp³-hybridized carbons (Fsp3) is 0.455. The Morgan fingerprint density at radius 2 is 1.32 bits per heavy atom. The second kappa shape index (κ2) is 8.11. The number of rotatable bonds is 1. The van der Waals surface area contributed by atoms with E-state index in [1.54, 1.807) is 20.8 Å². The Balaban J connectivity index is 0. The number of sulfone groups is 1. The Morgan fingerprint density at radius 3 is 1.58 bits per heavy atom. The molecule has 0 spiro atoms. The molecule has 3 nitrogen and oxygen atoms in total. The Kier molecular flexibility index (Phi) is 9.33. The Labute approximate surface area is 153 Å². The van der Waals surface area contributed by atoms with Crippen molar-refractivity contribution in [2.45, 2.75) is 36.8 Å². The third kappa shape index (κ3) is 9.17. The molecular weight excluding hydrogens is 308 g/mol. The van der Waals surface area contributed by atoms with E-state index in [4.69, 9.17) is 0 Å².